The summed E-state index contributed by atoms with van der Waals surface area (Å²) in [6.07, 6.45) is 1.61. The number of methoxy groups -OCH3 is 1. The van der Waals surface area contributed by atoms with Crippen LogP contribution in [0.1, 0.15) is 26.2 Å². The molecule has 0 aliphatic carbocycles. The highest BCUT2D eigenvalue weighted by molar-refractivity contribution is 5.78. The van der Waals surface area contributed by atoms with Crippen molar-refractivity contribution in [2.24, 2.45) is 0 Å². The van der Waals surface area contributed by atoms with Gasteiger partial charge in [0.05, 0.1) is 19.3 Å². The van der Waals surface area contributed by atoms with E-state index in [1.165, 1.54) is 7.11 Å². The van der Waals surface area contributed by atoms with Gasteiger partial charge < -0.3 is 15.2 Å². The second-order valence-corrected chi connectivity index (χ2v) is 4.75. The van der Waals surface area contributed by atoms with Crippen LogP contribution in [-0.2, 0) is 14.3 Å². The van der Waals surface area contributed by atoms with E-state index in [9.17, 15) is 14.7 Å². The van der Waals surface area contributed by atoms with Crippen LogP contribution in [0.25, 0.3) is 0 Å². The second-order valence-electron chi connectivity index (χ2n) is 4.75. The summed E-state index contributed by atoms with van der Waals surface area (Å²) in [4.78, 5) is 24.2. The lowest BCUT2D eigenvalue weighted by Crippen LogP contribution is -2.63. The minimum atomic E-state index is -0.606. The van der Waals surface area contributed by atoms with Crippen molar-refractivity contribution in [3.63, 3.8) is 0 Å². The Balaban J connectivity index is 2.04. The minimum Gasteiger partial charge on any atom is -0.469 e. The molecular weight excluding hydrogens is 236 g/mol. The summed E-state index contributed by atoms with van der Waals surface area (Å²) in [5.74, 6) is -0.335. The Morgan fingerprint density at radius 2 is 2.11 bits per heavy atom. The van der Waals surface area contributed by atoms with Crippen LogP contribution in [0, 0.1) is 0 Å². The number of likely N-dealkylation sites (tertiary alicyclic amines) is 1. The van der Waals surface area contributed by atoms with Gasteiger partial charge in [0.15, 0.2) is 0 Å². The molecule has 1 aliphatic heterocycles. The molecule has 1 rings (SSSR count). The van der Waals surface area contributed by atoms with Gasteiger partial charge in [-0.25, -0.2) is 0 Å². The lowest BCUT2D eigenvalue weighted by Gasteiger charge is -2.45. The van der Waals surface area contributed by atoms with Gasteiger partial charge in [0, 0.05) is 26.1 Å². The van der Waals surface area contributed by atoms with Crippen LogP contribution < -0.4 is 5.32 Å². The Kier molecular flexibility index (Phi) is 5.55. The highest BCUT2D eigenvalue weighted by atomic mass is 16.5. The van der Waals surface area contributed by atoms with Gasteiger partial charge in [0.1, 0.15) is 0 Å². The summed E-state index contributed by atoms with van der Waals surface area (Å²) in [7, 11) is 1.35. The number of aliphatic hydroxyl groups is 1. The van der Waals surface area contributed by atoms with Crippen LogP contribution in [0.5, 0.6) is 0 Å². The van der Waals surface area contributed by atoms with E-state index in [0.717, 1.165) is 0 Å². The predicted octanol–water partition coefficient (Wildman–Crippen LogP) is -0.487. The molecule has 1 heterocycles. The molecule has 1 amide bonds. The van der Waals surface area contributed by atoms with Gasteiger partial charge in [-0.2, -0.15) is 0 Å². The molecule has 0 aromatic carbocycles. The van der Waals surface area contributed by atoms with E-state index in [-0.39, 0.29) is 11.9 Å². The first-order valence-corrected chi connectivity index (χ1v) is 6.27. The Morgan fingerprint density at radius 1 is 1.44 bits per heavy atom. The van der Waals surface area contributed by atoms with E-state index >= 15 is 0 Å². The summed E-state index contributed by atoms with van der Waals surface area (Å²) in [5.41, 5.74) is -0.606. The molecule has 0 bridgehead atoms. The highest BCUT2D eigenvalue weighted by Crippen LogP contribution is 2.23. The van der Waals surface area contributed by atoms with Crippen molar-refractivity contribution in [3.05, 3.63) is 0 Å². The highest BCUT2D eigenvalue weighted by Gasteiger charge is 2.39. The van der Waals surface area contributed by atoms with E-state index in [1.807, 2.05) is 11.8 Å². The number of hydrogen-bond donors (Lipinski definition) is 2. The fourth-order valence-electron chi connectivity index (χ4n) is 1.94. The van der Waals surface area contributed by atoms with Gasteiger partial charge in [0.25, 0.3) is 0 Å². The quantitative estimate of drug-likeness (QED) is 0.476. The third-order valence-electron chi connectivity index (χ3n) is 3.17. The molecule has 6 heteroatoms. The number of hydrogen-bond acceptors (Lipinski definition) is 5. The number of nitrogens with one attached hydrogen (secondary N) is 1. The Morgan fingerprint density at radius 3 is 2.67 bits per heavy atom. The SMILES string of the molecule is CCC1(O)CN(CC(=O)NCCCC(=O)OC)C1. The Bertz CT molecular complexity index is 300. The molecule has 2 N–H and O–H groups in total. The lowest BCUT2D eigenvalue weighted by molar-refractivity contribution is -0.141. The molecule has 0 aromatic heterocycles. The number of β-amino-alcohol motifs (C(OH)–C–C–N with tert-alkyl or cyclic N) is 1. The van der Waals surface area contributed by atoms with Crippen molar-refractivity contribution in [3.8, 4) is 0 Å². The van der Waals surface area contributed by atoms with Crippen molar-refractivity contribution in [1.82, 2.24) is 10.2 Å². The maximum absolute atomic E-state index is 11.5. The van der Waals surface area contributed by atoms with E-state index in [4.69, 9.17) is 0 Å². The number of amides is 1. The van der Waals surface area contributed by atoms with Crippen LogP contribution in [0.15, 0.2) is 0 Å². The minimum absolute atomic E-state index is 0.0713. The molecule has 0 spiro atoms. The van der Waals surface area contributed by atoms with Crippen LogP contribution in [0.3, 0.4) is 0 Å². The van der Waals surface area contributed by atoms with E-state index < -0.39 is 5.60 Å². The fraction of sp³-hybridized carbons (Fsp3) is 0.833. The first kappa shape index (κ1) is 14.9. The number of esters is 1. The summed E-state index contributed by atoms with van der Waals surface area (Å²) < 4.78 is 4.50. The zero-order chi connectivity index (χ0) is 13.6. The van der Waals surface area contributed by atoms with E-state index in [0.29, 0.717) is 45.4 Å². The molecular formula is C12H22N2O4. The van der Waals surface area contributed by atoms with Gasteiger partial charge in [-0.05, 0) is 12.8 Å². The molecule has 1 fully saturated rings. The van der Waals surface area contributed by atoms with Crippen molar-refractivity contribution in [2.45, 2.75) is 31.8 Å². The zero-order valence-corrected chi connectivity index (χ0v) is 11.1. The number of nitrogens with zero attached hydrogens (tertiary/aromatic N) is 1. The lowest BCUT2D eigenvalue weighted by atomic mass is 9.91. The molecule has 0 radical (unpaired) electrons. The summed E-state index contributed by atoms with van der Waals surface area (Å²) in [5, 5.41) is 12.5. The third-order valence-corrected chi connectivity index (χ3v) is 3.17. The molecule has 104 valence electrons. The topological polar surface area (TPSA) is 78.9 Å². The average Bonchev–Trinajstić information content (AvgIpc) is 2.32. The Labute approximate surface area is 107 Å². The number of ether oxygens (including phenoxy) is 1. The van der Waals surface area contributed by atoms with Gasteiger partial charge >= 0.3 is 5.97 Å². The van der Waals surface area contributed by atoms with E-state index in [1.54, 1.807) is 0 Å². The van der Waals surface area contributed by atoms with Crippen molar-refractivity contribution >= 4 is 11.9 Å². The van der Waals surface area contributed by atoms with E-state index in [2.05, 4.69) is 10.1 Å². The normalized spacial score (nSPS) is 17.9. The predicted molar refractivity (Wildman–Crippen MR) is 65.9 cm³/mol. The largest absolute Gasteiger partial charge is 0.469 e. The number of carbonyl (C=O) groups is 2. The fourth-order valence-corrected chi connectivity index (χ4v) is 1.94. The van der Waals surface area contributed by atoms with Gasteiger partial charge in [-0.15, -0.1) is 0 Å². The van der Waals surface area contributed by atoms with Crippen molar-refractivity contribution in [1.29, 1.82) is 0 Å². The zero-order valence-electron chi connectivity index (χ0n) is 11.1. The Hall–Kier alpha value is -1.14. The molecule has 0 saturated carbocycles. The maximum atomic E-state index is 11.5. The summed E-state index contributed by atoms with van der Waals surface area (Å²) in [6.45, 7) is 3.82. The first-order valence-electron chi connectivity index (χ1n) is 6.27. The molecule has 18 heavy (non-hydrogen) atoms. The standard InChI is InChI=1S/C12H22N2O4/c1-3-12(17)8-14(9-12)7-10(15)13-6-4-5-11(16)18-2/h17H,3-9H2,1-2H3,(H,13,15). The van der Waals surface area contributed by atoms with Gasteiger partial charge in [0.2, 0.25) is 5.91 Å². The average molecular weight is 258 g/mol. The smallest absolute Gasteiger partial charge is 0.305 e. The van der Waals surface area contributed by atoms with Crippen molar-refractivity contribution < 1.29 is 19.4 Å². The molecule has 6 nitrogen and oxygen atoms in total. The third kappa shape index (κ3) is 4.62. The monoisotopic (exact) mass is 258 g/mol. The second kappa shape index (κ2) is 6.70. The number of carbonyl (C=O) groups excluding carboxylic acids is 2. The van der Waals surface area contributed by atoms with Gasteiger partial charge in [-0.3, -0.25) is 14.5 Å². The molecule has 1 aliphatic rings. The maximum Gasteiger partial charge on any atom is 0.305 e. The van der Waals surface area contributed by atoms with Gasteiger partial charge in [-0.1, -0.05) is 6.92 Å². The first-order chi connectivity index (χ1) is 8.49. The molecule has 0 unspecified atom stereocenters. The molecule has 1 saturated heterocycles. The van der Waals surface area contributed by atoms with Crippen LogP contribution >= 0.6 is 0 Å². The van der Waals surface area contributed by atoms with Crippen LogP contribution in [0.4, 0.5) is 0 Å². The van der Waals surface area contributed by atoms with Crippen LogP contribution in [-0.4, -0.2) is 60.8 Å². The van der Waals surface area contributed by atoms with Crippen molar-refractivity contribution in [2.75, 3.05) is 33.3 Å². The van der Waals surface area contributed by atoms with Crippen LogP contribution in [0.2, 0.25) is 0 Å². The summed E-state index contributed by atoms with van der Waals surface area (Å²) >= 11 is 0. The molecule has 0 aromatic rings. The number of rotatable bonds is 7. The summed E-state index contributed by atoms with van der Waals surface area (Å²) in [6, 6.07) is 0. The molecule has 0 atom stereocenters.